The van der Waals surface area contributed by atoms with Crippen LogP contribution in [0.25, 0.3) is 0 Å². The summed E-state index contributed by atoms with van der Waals surface area (Å²) >= 11 is 0. The van der Waals surface area contributed by atoms with E-state index in [1.165, 1.54) is 6.08 Å². The molecule has 1 fully saturated rings. The number of aliphatic hydroxyl groups excluding tert-OH is 1. The Hall–Kier alpha value is -3.53. The van der Waals surface area contributed by atoms with Gasteiger partial charge in [-0.25, -0.2) is 0 Å². The van der Waals surface area contributed by atoms with Crippen LogP contribution in [0.2, 0.25) is 0 Å². The number of carbonyl (C=O) groups is 5. The first-order valence-corrected chi connectivity index (χ1v) is 11.8. The quantitative estimate of drug-likeness (QED) is 0.135. The molecule has 0 atom stereocenters. The number of carbonyl (C=O) groups excluding carboxylic acids is 5. The van der Waals surface area contributed by atoms with Crippen LogP contribution in [-0.2, 0) is 30.6 Å². The molecule has 0 aliphatic heterocycles. The molecule has 190 valence electrons. The Balaban J connectivity index is 1.71. The number of hydrogen-bond acceptors (Lipinski definition) is 6. The number of nitrogens with one attached hydrogen (secondary N) is 3. The summed E-state index contributed by atoms with van der Waals surface area (Å²) in [4.78, 5) is 61.4. The lowest BCUT2D eigenvalue weighted by molar-refractivity contribution is -0.150. The molecule has 0 aromatic heterocycles. The van der Waals surface area contributed by atoms with Gasteiger partial charge in [0.2, 0.25) is 24.1 Å². The van der Waals surface area contributed by atoms with Gasteiger partial charge in [0.1, 0.15) is 5.41 Å². The van der Waals surface area contributed by atoms with Gasteiger partial charge in [-0.3, -0.25) is 28.9 Å². The van der Waals surface area contributed by atoms with Gasteiger partial charge in [-0.1, -0.05) is 24.6 Å². The molecule has 1 aromatic rings. The lowest BCUT2D eigenvalue weighted by Gasteiger charge is -2.38. The summed E-state index contributed by atoms with van der Waals surface area (Å²) in [7, 11) is 0. The topological polar surface area (TPSA) is 145 Å². The average molecular weight is 487 g/mol. The summed E-state index contributed by atoms with van der Waals surface area (Å²) < 4.78 is 0. The molecule has 0 heterocycles. The SMILES string of the molecule is C/C=C\C(=O)N(C=O)CCCCCNC(=O)C1(C(=O)NCC(=O)Nc2ccc(CO)cc2)CCC1. The second-order valence-corrected chi connectivity index (χ2v) is 8.48. The fourth-order valence-corrected chi connectivity index (χ4v) is 3.72. The lowest BCUT2D eigenvalue weighted by atomic mass is 9.67. The summed E-state index contributed by atoms with van der Waals surface area (Å²) in [6, 6.07) is 6.68. The van der Waals surface area contributed by atoms with Crippen molar-refractivity contribution < 1.29 is 29.1 Å². The summed E-state index contributed by atoms with van der Waals surface area (Å²) in [5.74, 6) is -1.58. The van der Waals surface area contributed by atoms with Gasteiger partial charge in [0, 0.05) is 18.8 Å². The Kier molecular flexibility index (Phi) is 11.1. The number of unbranched alkanes of at least 4 members (excludes halogenated alkanes) is 2. The van der Waals surface area contributed by atoms with Crippen molar-refractivity contribution in [1.29, 1.82) is 0 Å². The second-order valence-electron chi connectivity index (χ2n) is 8.48. The first kappa shape index (κ1) is 27.7. The van der Waals surface area contributed by atoms with Crippen LogP contribution in [0.1, 0.15) is 51.0 Å². The zero-order chi connectivity index (χ0) is 25.7. The highest BCUT2D eigenvalue weighted by Crippen LogP contribution is 2.41. The van der Waals surface area contributed by atoms with E-state index in [9.17, 15) is 24.0 Å². The minimum atomic E-state index is -1.16. The van der Waals surface area contributed by atoms with E-state index >= 15 is 0 Å². The minimum absolute atomic E-state index is 0.0922. The third kappa shape index (κ3) is 8.03. The molecule has 0 unspecified atom stereocenters. The van der Waals surface area contributed by atoms with E-state index in [1.54, 1.807) is 37.3 Å². The highest BCUT2D eigenvalue weighted by atomic mass is 16.3. The van der Waals surface area contributed by atoms with Crippen LogP contribution in [0.4, 0.5) is 5.69 Å². The van der Waals surface area contributed by atoms with Crippen LogP contribution < -0.4 is 16.0 Å². The molecular formula is C25H34N4O6. The zero-order valence-corrected chi connectivity index (χ0v) is 20.0. The fourth-order valence-electron chi connectivity index (χ4n) is 3.72. The molecule has 1 aromatic carbocycles. The minimum Gasteiger partial charge on any atom is -0.392 e. The Morgan fingerprint density at radius 3 is 2.29 bits per heavy atom. The highest BCUT2D eigenvalue weighted by Gasteiger charge is 2.50. The molecule has 10 heteroatoms. The summed E-state index contributed by atoms with van der Waals surface area (Å²) in [5.41, 5.74) is 0.104. The van der Waals surface area contributed by atoms with Crippen molar-refractivity contribution in [3.8, 4) is 0 Å². The number of imide groups is 1. The number of aliphatic hydroxyl groups is 1. The van der Waals surface area contributed by atoms with E-state index in [0.717, 1.165) is 16.9 Å². The first-order valence-electron chi connectivity index (χ1n) is 11.8. The lowest BCUT2D eigenvalue weighted by Crippen LogP contribution is -2.56. The maximum atomic E-state index is 12.7. The highest BCUT2D eigenvalue weighted by molar-refractivity contribution is 6.07. The summed E-state index contributed by atoms with van der Waals surface area (Å²) in [6.45, 7) is 2.04. The standard InChI is InChI=1S/C25H34N4O6/c1-2-7-22(33)29(18-31)15-5-3-4-14-26-23(34)25(12-6-13-25)24(35)27-16-21(32)28-20-10-8-19(17-30)9-11-20/h2,7-11,18,30H,3-6,12-17H2,1H3,(H,26,34)(H,27,35)(H,28,32)/b7-2-. The Bertz CT molecular complexity index is 924. The van der Waals surface area contributed by atoms with Crippen LogP contribution in [0.15, 0.2) is 36.4 Å². The van der Waals surface area contributed by atoms with Crippen LogP contribution in [-0.4, -0.2) is 59.7 Å². The van der Waals surface area contributed by atoms with Gasteiger partial charge in [-0.05, 0) is 62.8 Å². The average Bonchev–Trinajstić information content (AvgIpc) is 2.82. The van der Waals surface area contributed by atoms with E-state index in [2.05, 4.69) is 16.0 Å². The van der Waals surface area contributed by atoms with Crippen molar-refractivity contribution in [2.24, 2.45) is 5.41 Å². The van der Waals surface area contributed by atoms with Crippen LogP contribution in [0.5, 0.6) is 0 Å². The molecule has 1 saturated carbocycles. The third-order valence-electron chi connectivity index (χ3n) is 5.99. The smallest absolute Gasteiger partial charge is 0.252 e. The van der Waals surface area contributed by atoms with Gasteiger partial charge < -0.3 is 21.1 Å². The van der Waals surface area contributed by atoms with E-state index in [-0.39, 0.29) is 25.0 Å². The Morgan fingerprint density at radius 2 is 1.71 bits per heavy atom. The molecule has 0 radical (unpaired) electrons. The summed E-state index contributed by atoms with van der Waals surface area (Å²) in [5, 5.41) is 17.1. The number of amides is 5. The zero-order valence-electron chi connectivity index (χ0n) is 20.0. The number of anilines is 1. The Labute approximate surface area is 205 Å². The molecule has 10 nitrogen and oxygen atoms in total. The van der Waals surface area contributed by atoms with E-state index in [0.29, 0.717) is 57.3 Å². The monoisotopic (exact) mass is 486 g/mol. The molecule has 1 aliphatic carbocycles. The van der Waals surface area contributed by atoms with Gasteiger partial charge in [0.15, 0.2) is 0 Å². The molecule has 1 aliphatic rings. The normalized spacial score (nSPS) is 14.0. The molecule has 0 bridgehead atoms. The van der Waals surface area contributed by atoms with E-state index < -0.39 is 17.2 Å². The second kappa shape index (κ2) is 14.0. The van der Waals surface area contributed by atoms with Gasteiger partial charge in [-0.2, -0.15) is 0 Å². The molecule has 5 amide bonds. The first-order chi connectivity index (χ1) is 16.9. The molecular weight excluding hydrogens is 452 g/mol. The van der Waals surface area contributed by atoms with Gasteiger partial charge in [-0.15, -0.1) is 0 Å². The van der Waals surface area contributed by atoms with Crippen molar-refractivity contribution in [3.05, 3.63) is 42.0 Å². The Morgan fingerprint density at radius 1 is 1.03 bits per heavy atom. The summed E-state index contributed by atoms with van der Waals surface area (Å²) in [6.07, 6.45) is 6.98. The maximum Gasteiger partial charge on any atom is 0.252 e. The van der Waals surface area contributed by atoms with Gasteiger partial charge in [0.05, 0.1) is 13.2 Å². The van der Waals surface area contributed by atoms with Crippen molar-refractivity contribution in [3.63, 3.8) is 0 Å². The van der Waals surface area contributed by atoms with Crippen LogP contribution in [0, 0.1) is 5.41 Å². The molecule has 4 N–H and O–H groups in total. The van der Waals surface area contributed by atoms with Crippen LogP contribution in [0.3, 0.4) is 0 Å². The number of benzene rings is 1. The van der Waals surface area contributed by atoms with Crippen molar-refractivity contribution in [2.75, 3.05) is 25.0 Å². The predicted molar refractivity (Wildman–Crippen MR) is 130 cm³/mol. The van der Waals surface area contributed by atoms with E-state index in [4.69, 9.17) is 5.11 Å². The predicted octanol–water partition coefficient (Wildman–Crippen LogP) is 1.25. The third-order valence-corrected chi connectivity index (χ3v) is 5.99. The number of nitrogens with zero attached hydrogens (tertiary/aromatic N) is 1. The number of allylic oxidation sites excluding steroid dienone is 1. The van der Waals surface area contributed by atoms with E-state index in [1.807, 2.05) is 0 Å². The van der Waals surface area contributed by atoms with Crippen molar-refractivity contribution >= 4 is 35.7 Å². The number of rotatable bonds is 14. The van der Waals surface area contributed by atoms with Gasteiger partial charge >= 0.3 is 0 Å². The molecule has 35 heavy (non-hydrogen) atoms. The molecule has 0 saturated heterocycles. The van der Waals surface area contributed by atoms with Gasteiger partial charge in [0.25, 0.3) is 5.91 Å². The maximum absolute atomic E-state index is 12.7. The molecule has 2 rings (SSSR count). The number of hydrogen-bond donors (Lipinski definition) is 4. The van der Waals surface area contributed by atoms with Crippen molar-refractivity contribution in [1.82, 2.24) is 15.5 Å². The van der Waals surface area contributed by atoms with Crippen LogP contribution >= 0.6 is 0 Å². The fraction of sp³-hybridized carbons (Fsp3) is 0.480. The largest absolute Gasteiger partial charge is 0.392 e. The molecule has 0 spiro atoms. The van der Waals surface area contributed by atoms with Crippen molar-refractivity contribution in [2.45, 2.75) is 52.1 Å².